The van der Waals surface area contributed by atoms with E-state index in [1.807, 2.05) is 12.1 Å². The van der Waals surface area contributed by atoms with Gasteiger partial charge in [-0.1, -0.05) is 6.07 Å². The molecule has 0 spiro atoms. The Bertz CT molecular complexity index is 529. The highest BCUT2D eigenvalue weighted by atomic mass is 19.3. The molecule has 0 aliphatic carbocycles. The molecule has 2 aliphatic heterocycles. The van der Waals surface area contributed by atoms with E-state index < -0.39 is 24.9 Å². The Morgan fingerprint density at radius 1 is 1.41 bits per heavy atom. The number of rotatable bonds is 4. The standard InChI is InChI=1S/C15H20F2N4O/c16-15(17)7-12(20-10-15)14(22)19-9-11-3-4-13(18-8-11)21-5-1-2-6-21/h3-4,8,12,20H,1-2,5-7,9-10H2,(H,19,22). The number of carbonyl (C=O) groups is 1. The molecule has 2 fully saturated rings. The molecule has 22 heavy (non-hydrogen) atoms. The number of alkyl halides is 2. The van der Waals surface area contributed by atoms with Crippen LogP contribution in [0.25, 0.3) is 0 Å². The fourth-order valence-corrected chi connectivity index (χ4v) is 2.87. The molecular formula is C15H20F2N4O. The zero-order valence-electron chi connectivity index (χ0n) is 12.3. The van der Waals surface area contributed by atoms with Crippen LogP contribution in [0.3, 0.4) is 0 Å². The van der Waals surface area contributed by atoms with Crippen LogP contribution >= 0.6 is 0 Å². The largest absolute Gasteiger partial charge is 0.357 e. The van der Waals surface area contributed by atoms with Crippen LogP contribution in [-0.4, -0.2) is 42.5 Å². The molecule has 120 valence electrons. The van der Waals surface area contributed by atoms with Gasteiger partial charge in [0.1, 0.15) is 5.82 Å². The summed E-state index contributed by atoms with van der Waals surface area (Å²) in [6.07, 6.45) is 3.67. The van der Waals surface area contributed by atoms with Crippen molar-refractivity contribution in [1.82, 2.24) is 15.6 Å². The summed E-state index contributed by atoms with van der Waals surface area (Å²) in [6.45, 7) is 1.93. The van der Waals surface area contributed by atoms with Gasteiger partial charge in [-0.2, -0.15) is 0 Å². The van der Waals surface area contributed by atoms with Crippen LogP contribution in [0.1, 0.15) is 24.8 Å². The van der Waals surface area contributed by atoms with Crippen molar-refractivity contribution in [3.8, 4) is 0 Å². The first kappa shape index (κ1) is 15.1. The molecule has 0 radical (unpaired) electrons. The second-order valence-electron chi connectivity index (χ2n) is 5.93. The Balaban J connectivity index is 1.50. The van der Waals surface area contributed by atoms with E-state index >= 15 is 0 Å². The van der Waals surface area contributed by atoms with E-state index in [1.165, 1.54) is 12.8 Å². The van der Waals surface area contributed by atoms with Crippen LogP contribution in [0.15, 0.2) is 18.3 Å². The molecule has 3 heterocycles. The van der Waals surface area contributed by atoms with E-state index in [1.54, 1.807) is 6.20 Å². The predicted octanol–water partition coefficient (Wildman–Crippen LogP) is 1.30. The summed E-state index contributed by atoms with van der Waals surface area (Å²) < 4.78 is 26.1. The van der Waals surface area contributed by atoms with Gasteiger partial charge in [-0.15, -0.1) is 0 Å². The van der Waals surface area contributed by atoms with E-state index in [0.29, 0.717) is 6.54 Å². The number of anilines is 1. The molecule has 2 aliphatic rings. The number of amides is 1. The second kappa shape index (κ2) is 6.16. The normalized spacial score (nSPS) is 23.7. The lowest BCUT2D eigenvalue weighted by Gasteiger charge is -2.16. The SMILES string of the molecule is O=C(NCc1ccc(N2CCCC2)nc1)C1CC(F)(F)CN1. The van der Waals surface area contributed by atoms with E-state index in [-0.39, 0.29) is 5.91 Å². The number of halogens is 2. The Hall–Kier alpha value is -1.76. The molecule has 0 bridgehead atoms. The smallest absolute Gasteiger partial charge is 0.262 e. The maximum atomic E-state index is 13.1. The number of nitrogens with one attached hydrogen (secondary N) is 2. The molecule has 1 atom stereocenters. The van der Waals surface area contributed by atoms with Crippen molar-refractivity contribution >= 4 is 11.7 Å². The van der Waals surface area contributed by atoms with Crippen LogP contribution in [0, 0.1) is 0 Å². The Morgan fingerprint density at radius 3 is 2.77 bits per heavy atom. The zero-order valence-corrected chi connectivity index (χ0v) is 12.3. The third-order valence-corrected chi connectivity index (χ3v) is 4.13. The fraction of sp³-hybridized carbons (Fsp3) is 0.600. The molecule has 5 nitrogen and oxygen atoms in total. The number of nitrogens with zero attached hydrogens (tertiary/aromatic N) is 2. The number of pyridine rings is 1. The lowest BCUT2D eigenvalue weighted by Crippen LogP contribution is -2.40. The van der Waals surface area contributed by atoms with E-state index in [9.17, 15) is 13.6 Å². The van der Waals surface area contributed by atoms with Crippen LogP contribution in [0.4, 0.5) is 14.6 Å². The van der Waals surface area contributed by atoms with Crippen molar-refractivity contribution in [2.24, 2.45) is 0 Å². The molecule has 1 aromatic heterocycles. The van der Waals surface area contributed by atoms with Gasteiger partial charge < -0.3 is 10.2 Å². The minimum atomic E-state index is -2.79. The molecule has 2 saturated heterocycles. The summed E-state index contributed by atoms with van der Waals surface area (Å²) in [5.74, 6) is -2.23. The van der Waals surface area contributed by atoms with Gasteiger partial charge in [-0.05, 0) is 24.5 Å². The molecule has 7 heteroatoms. The first-order valence-corrected chi connectivity index (χ1v) is 7.62. The molecular weight excluding hydrogens is 290 g/mol. The van der Waals surface area contributed by atoms with Crippen molar-refractivity contribution in [2.75, 3.05) is 24.5 Å². The second-order valence-corrected chi connectivity index (χ2v) is 5.93. The van der Waals surface area contributed by atoms with Gasteiger partial charge in [-0.3, -0.25) is 10.1 Å². The summed E-state index contributed by atoms with van der Waals surface area (Å²) in [5.41, 5.74) is 0.862. The van der Waals surface area contributed by atoms with Crippen LogP contribution in [0.2, 0.25) is 0 Å². The third kappa shape index (κ3) is 3.52. The van der Waals surface area contributed by atoms with Gasteiger partial charge in [0.05, 0.1) is 12.6 Å². The maximum absolute atomic E-state index is 13.1. The highest BCUT2D eigenvalue weighted by Crippen LogP contribution is 2.25. The van der Waals surface area contributed by atoms with Gasteiger partial charge in [0.15, 0.2) is 0 Å². The maximum Gasteiger partial charge on any atom is 0.262 e. The quantitative estimate of drug-likeness (QED) is 0.880. The highest BCUT2D eigenvalue weighted by molar-refractivity contribution is 5.82. The van der Waals surface area contributed by atoms with E-state index in [0.717, 1.165) is 24.5 Å². The number of hydrogen-bond donors (Lipinski definition) is 2. The molecule has 0 aromatic carbocycles. The summed E-state index contributed by atoms with van der Waals surface area (Å²) in [4.78, 5) is 18.5. The van der Waals surface area contributed by atoms with Crippen LogP contribution in [-0.2, 0) is 11.3 Å². The monoisotopic (exact) mass is 310 g/mol. The van der Waals surface area contributed by atoms with Crippen LogP contribution < -0.4 is 15.5 Å². The Kier molecular flexibility index (Phi) is 4.24. The van der Waals surface area contributed by atoms with Crippen molar-refractivity contribution in [3.63, 3.8) is 0 Å². The molecule has 3 rings (SSSR count). The Labute approximate surface area is 128 Å². The van der Waals surface area contributed by atoms with Crippen molar-refractivity contribution < 1.29 is 13.6 Å². The molecule has 2 N–H and O–H groups in total. The summed E-state index contributed by atoms with van der Waals surface area (Å²) in [5, 5.41) is 5.22. The predicted molar refractivity (Wildman–Crippen MR) is 78.9 cm³/mol. The van der Waals surface area contributed by atoms with E-state index in [2.05, 4.69) is 20.5 Å². The van der Waals surface area contributed by atoms with Gasteiger partial charge in [0.25, 0.3) is 5.92 Å². The van der Waals surface area contributed by atoms with Crippen LogP contribution in [0.5, 0.6) is 0 Å². The zero-order chi connectivity index (χ0) is 15.6. The molecule has 0 saturated carbocycles. The van der Waals surface area contributed by atoms with E-state index in [4.69, 9.17) is 0 Å². The number of aromatic nitrogens is 1. The summed E-state index contributed by atoms with van der Waals surface area (Å²) in [7, 11) is 0. The third-order valence-electron chi connectivity index (χ3n) is 4.13. The Morgan fingerprint density at radius 2 is 2.18 bits per heavy atom. The first-order valence-electron chi connectivity index (χ1n) is 7.62. The average Bonchev–Trinajstić information content (AvgIpc) is 3.15. The highest BCUT2D eigenvalue weighted by Gasteiger charge is 2.42. The number of carbonyl (C=O) groups excluding carboxylic acids is 1. The first-order chi connectivity index (χ1) is 10.5. The molecule has 1 aromatic rings. The van der Waals surface area contributed by atoms with Crippen molar-refractivity contribution in [2.45, 2.75) is 37.8 Å². The molecule has 1 unspecified atom stereocenters. The fourth-order valence-electron chi connectivity index (χ4n) is 2.87. The van der Waals surface area contributed by atoms with Crippen molar-refractivity contribution in [3.05, 3.63) is 23.9 Å². The lowest BCUT2D eigenvalue weighted by molar-refractivity contribution is -0.123. The van der Waals surface area contributed by atoms with Gasteiger partial charge in [0, 0.05) is 32.3 Å². The minimum absolute atomic E-state index is 0.301. The van der Waals surface area contributed by atoms with Gasteiger partial charge in [0.2, 0.25) is 5.91 Å². The summed E-state index contributed by atoms with van der Waals surface area (Å²) in [6, 6.07) is 3.04. The van der Waals surface area contributed by atoms with Gasteiger partial charge in [-0.25, -0.2) is 13.8 Å². The van der Waals surface area contributed by atoms with Crippen molar-refractivity contribution in [1.29, 1.82) is 0 Å². The molecule has 1 amide bonds. The van der Waals surface area contributed by atoms with Gasteiger partial charge >= 0.3 is 0 Å². The number of hydrogen-bond acceptors (Lipinski definition) is 4. The average molecular weight is 310 g/mol. The topological polar surface area (TPSA) is 57.3 Å². The summed E-state index contributed by atoms with van der Waals surface area (Å²) >= 11 is 0. The minimum Gasteiger partial charge on any atom is -0.357 e. The lowest BCUT2D eigenvalue weighted by atomic mass is 10.2.